The summed E-state index contributed by atoms with van der Waals surface area (Å²) in [5, 5.41) is 10.5. The quantitative estimate of drug-likeness (QED) is 0.665. The summed E-state index contributed by atoms with van der Waals surface area (Å²) >= 11 is 0. The van der Waals surface area contributed by atoms with Gasteiger partial charge in [0.05, 0.1) is 37.9 Å². The maximum absolute atomic E-state index is 13.1. The van der Waals surface area contributed by atoms with Crippen LogP contribution in [0.4, 0.5) is 0 Å². The molecule has 0 radical (unpaired) electrons. The lowest BCUT2D eigenvalue weighted by atomic mass is 9.89. The van der Waals surface area contributed by atoms with E-state index in [0.29, 0.717) is 11.3 Å². The van der Waals surface area contributed by atoms with Gasteiger partial charge in [0, 0.05) is 17.5 Å². The number of aromatic hydroxyl groups is 1. The minimum Gasteiger partial charge on any atom is -0.507 e. The van der Waals surface area contributed by atoms with Gasteiger partial charge in [-0.1, -0.05) is 0 Å². The fourth-order valence-corrected chi connectivity index (χ4v) is 3.04. The molecule has 8 heteroatoms. The van der Waals surface area contributed by atoms with Gasteiger partial charge in [-0.2, -0.15) is 0 Å². The second-order valence-corrected chi connectivity index (χ2v) is 6.16. The number of ether oxygens (including phenoxy) is 2. The third kappa shape index (κ3) is 3.48. The van der Waals surface area contributed by atoms with Crippen molar-refractivity contribution < 1.29 is 28.2 Å². The molecule has 0 aliphatic rings. The van der Waals surface area contributed by atoms with Crippen LogP contribution in [0.15, 0.2) is 49.0 Å². The highest BCUT2D eigenvalue weighted by Gasteiger charge is 2.29. The van der Waals surface area contributed by atoms with Gasteiger partial charge >= 0.3 is 11.6 Å². The van der Waals surface area contributed by atoms with Crippen LogP contribution in [0.25, 0.3) is 11.0 Å². The van der Waals surface area contributed by atoms with Crippen molar-refractivity contribution in [1.82, 2.24) is 0 Å². The van der Waals surface area contributed by atoms with Crippen LogP contribution in [-0.4, -0.2) is 25.3 Å². The first-order valence-electron chi connectivity index (χ1n) is 8.35. The molecule has 1 unspecified atom stereocenters. The summed E-state index contributed by atoms with van der Waals surface area (Å²) in [6.45, 7) is 1.50. The van der Waals surface area contributed by atoms with Gasteiger partial charge in [-0.05, 0) is 25.1 Å². The number of carbonyl (C=O) groups is 1. The van der Waals surface area contributed by atoms with E-state index < -0.39 is 22.9 Å². The Hall–Kier alpha value is -3.55. The minimum absolute atomic E-state index is 0.0117. The predicted molar refractivity (Wildman–Crippen MR) is 98.9 cm³/mol. The number of hydrogen-bond donors (Lipinski definition) is 1. The fourth-order valence-electron chi connectivity index (χ4n) is 3.04. The minimum atomic E-state index is -1.11. The topological polar surface area (TPSA) is 116 Å². The van der Waals surface area contributed by atoms with Gasteiger partial charge in [-0.15, -0.1) is 0 Å². The summed E-state index contributed by atoms with van der Waals surface area (Å²) in [6, 6.07) is 5.95. The molecule has 0 saturated carbocycles. The number of hydrogen-bond acceptors (Lipinski definition) is 8. The molecule has 1 aromatic carbocycles. The Bertz CT molecular complexity index is 1160. The molecule has 1 N–H and O–H groups in total. The molecule has 0 amide bonds. The highest BCUT2D eigenvalue weighted by atomic mass is 16.5. The Morgan fingerprint density at radius 1 is 1.21 bits per heavy atom. The number of rotatable bonds is 5. The fraction of sp³-hybridized carbons (Fsp3) is 0.250. The molecule has 3 rings (SSSR count). The largest absolute Gasteiger partial charge is 0.507 e. The average molecular weight is 386 g/mol. The van der Waals surface area contributed by atoms with Crippen molar-refractivity contribution in [3.63, 3.8) is 0 Å². The number of benzene rings is 1. The van der Waals surface area contributed by atoms with Crippen molar-refractivity contribution in [2.24, 2.45) is 0 Å². The first-order valence-corrected chi connectivity index (χ1v) is 8.35. The molecule has 0 spiro atoms. The third-order valence-corrected chi connectivity index (χ3v) is 4.42. The van der Waals surface area contributed by atoms with Crippen molar-refractivity contribution >= 4 is 16.9 Å². The Morgan fingerprint density at radius 3 is 2.61 bits per heavy atom. The second-order valence-electron chi connectivity index (χ2n) is 6.16. The summed E-state index contributed by atoms with van der Waals surface area (Å²) in [7, 11) is 2.65. The van der Waals surface area contributed by atoms with Crippen molar-refractivity contribution in [2.45, 2.75) is 19.3 Å². The molecule has 0 bridgehead atoms. The van der Waals surface area contributed by atoms with E-state index in [1.54, 1.807) is 12.1 Å². The molecule has 1 atom stereocenters. The summed E-state index contributed by atoms with van der Waals surface area (Å²) in [5.74, 6) is -1.53. The number of carbonyl (C=O) groups excluding carboxylic acids is 1. The molecule has 2 aromatic heterocycles. The maximum atomic E-state index is 13.1. The van der Waals surface area contributed by atoms with Gasteiger partial charge in [0.15, 0.2) is 5.43 Å². The Kier molecular flexibility index (Phi) is 5.21. The van der Waals surface area contributed by atoms with Crippen LogP contribution in [0.3, 0.4) is 0 Å². The van der Waals surface area contributed by atoms with Crippen molar-refractivity contribution in [3.05, 3.63) is 68.1 Å². The van der Waals surface area contributed by atoms with Crippen molar-refractivity contribution in [3.8, 4) is 11.5 Å². The maximum Gasteiger partial charge on any atom is 0.343 e. The SMILES string of the molecule is COC(=O)CC(c1c(O)cc(C)oc1=O)c1coc2ccc(OC)cc2c1=O. The van der Waals surface area contributed by atoms with Crippen LogP contribution >= 0.6 is 0 Å². The Balaban J connectivity index is 2.27. The zero-order valence-corrected chi connectivity index (χ0v) is 15.5. The summed E-state index contributed by atoms with van der Waals surface area (Å²) in [6.07, 6.45) is 0.807. The van der Waals surface area contributed by atoms with E-state index >= 15 is 0 Å². The van der Waals surface area contributed by atoms with Crippen molar-refractivity contribution in [1.29, 1.82) is 0 Å². The average Bonchev–Trinajstić information content (AvgIpc) is 2.66. The highest BCUT2D eigenvalue weighted by Crippen LogP contribution is 2.32. The molecule has 2 heterocycles. The molecular weight excluding hydrogens is 368 g/mol. The van der Waals surface area contributed by atoms with E-state index in [9.17, 15) is 19.5 Å². The van der Waals surface area contributed by atoms with Crippen LogP contribution in [-0.2, 0) is 9.53 Å². The molecule has 8 nitrogen and oxygen atoms in total. The highest BCUT2D eigenvalue weighted by molar-refractivity contribution is 5.79. The van der Waals surface area contributed by atoms with Gasteiger partial charge in [-0.25, -0.2) is 4.79 Å². The lowest BCUT2D eigenvalue weighted by Crippen LogP contribution is -2.23. The van der Waals surface area contributed by atoms with Gasteiger partial charge in [-0.3, -0.25) is 9.59 Å². The molecule has 28 heavy (non-hydrogen) atoms. The van der Waals surface area contributed by atoms with Crippen LogP contribution in [0.1, 0.15) is 29.2 Å². The number of methoxy groups -OCH3 is 2. The Labute approximate surface area is 158 Å². The number of esters is 1. The summed E-state index contributed by atoms with van der Waals surface area (Å²) < 4.78 is 20.4. The molecule has 0 aliphatic carbocycles. The van der Waals surface area contributed by atoms with Crippen LogP contribution < -0.4 is 15.8 Å². The van der Waals surface area contributed by atoms with Crippen molar-refractivity contribution in [2.75, 3.05) is 14.2 Å². The predicted octanol–water partition coefficient (Wildman–Crippen LogP) is 2.46. The van der Waals surface area contributed by atoms with E-state index in [4.69, 9.17) is 13.6 Å². The zero-order chi connectivity index (χ0) is 20.4. The second kappa shape index (κ2) is 7.59. The summed E-state index contributed by atoms with van der Waals surface area (Å²) in [5.41, 5.74) is -1.21. The normalized spacial score (nSPS) is 12.0. The molecule has 0 aliphatic heterocycles. The van der Waals surface area contributed by atoms with Gasteiger partial charge in [0.2, 0.25) is 0 Å². The van der Waals surface area contributed by atoms with E-state index in [2.05, 4.69) is 4.74 Å². The number of fused-ring (bicyclic) bond motifs is 1. The lowest BCUT2D eigenvalue weighted by Gasteiger charge is -2.16. The standard InChI is InChI=1S/C20H18O8/c1-10-6-15(21)18(20(24)28-10)12(8-17(22)26-3)14-9-27-16-5-4-11(25-2)7-13(16)19(14)23/h4-7,9,12,21H,8H2,1-3H3. The van der Waals surface area contributed by atoms with Crippen LogP contribution in [0.2, 0.25) is 0 Å². The third-order valence-electron chi connectivity index (χ3n) is 4.42. The van der Waals surface area contributed by atoms with E-state index in [0.717, 1.165) is 0 Å². The molecule has 0 fully saturated rings. The zero-order valence-electron chi connectivity index (χ0n) is 15.5. The van der Waals surface area contributed by atoms with E-state index in [1.165, 1.54) is 39.5 Å². The smallest absolute Gasteiger partial charge is 0.343 e. The molecule has 0 saturated heterocycles. The van der Waals surface area contributed by atoms with Gasteiger partial charge < -0.3 is 23.4 Å². The Morgan fingerprint density at radius 2 is 1.96 bits per heavy atom. The lowest BCUT2D eigenvalue weighted by molar-refractivity contribution is -0.140. The molecular formula is C20H18O8. The van der Waals surface area contributed by atoms with E-state index in [1.807, 2.05) is 0 Å². The monoisotopic (exact) mass is 386 g/mol. The van der Waals surface area contributed by atoms with E-state index in [-0.39, 0.29) is 34.4 Å². The number of aryl methyl sites for hydroxylation is 1. The molecule has 146 valence electrons. The van der Waals surface area contributed by atoms with Gasteiger partial charge in [0.1, 0.15) is 22.8 Å². The van der Waals surface area contributed by atoms with Gasteiger partial charge in [0.25, 0.3) is 0 Å². The van der Waals surface area contributed by atoms with Crippen LogP contribution in [0, 0.1) is 6.92 Å². The molecule has 3 aromatic rings. The first-order chi connectivity index (χ1) is 13.3. The summed E-state index contributed by atoms with van der Waals surface area (Å²) in [4.78, 5) is 37.4. The first kappa shape index (κ1) is 19.2. The van der Waals surface area contributed by atoms with Crippen LogP contribution in [0.5, 0.6) is 11.5 Å².